The molecule has 3 aromatic rings. The monoisotopic (exact) mass is 583 g/mol. The van der Waals surface area contributed by atoms with Gasteiger partial charge in [-0.3, -0.25) is 0 Å². The number of rotatable bonds is 10. The van der Waals surface area contributed by atoms with E-state index in [9.17, 15) is 22.4 Å². The SMILES string of the molecule is CCCOC(=O)C(c1cc(-c2ccc(OCCC)cc2C(F)(F)F)no1)n1cc2nc(-c3ccccc3F)nc-2cn1. The highest BCUT2D eigenvalue weighted by atomic mass is 19.4. The van der Waals surface area contributed by atoms with Gasteiger partial charge in [0.25, 0.3) is 0 Å². The normalized spacial score (nSPS) is 12.4. The van der Waals surface area contributed by atoms with Crippen LogP contribution in [0.3, 0.4) is 0 Å². The quantitative estimate of drug-likeness (QED) is 0.134. The highest BCUT2D eigenvalue weighted by Crippen LogP contribution is 2.40. The first-order chi connectivity index (χ1) is 20.2. The number of nitrogens with zero attached hydrogens (tertiary/aromatic N) is 5. The van der Waals surface area contributed by atoms with Gasteiger partial charge >= 0.3 is 12.1 Å². The molecule has 2 aliphatic heterocycles. The fraction of sp³-hybridized carbons (Fsp3) is 0.276. The van der Waals surface area contributed by atoms with Gasteiger partial charge < -0.3 is 14.0 Å². The molecule has 13 heteroatoms. The Balaban J connectivity index is 1.54. The molecule has 0 radical (unpaired) electrons. The van der Waals surface area contributed by atoms with Crippen molar-refractivity contribution in [2.45, 2.75) is 38.9 Å². The second kappa shape index (κ2) is 12.0. The van der Waals surface area contributed by atoms with Crippen LogP contribution >= 0.6 is 0 Å². The summed E-state index contributed by atoms with van der Waals surface area (Å²) in [6.07, 6.45) is -0.829. The number of carbonyl (C=O) groups is 1. The van der Waals surface area contributed by atoms with Gasteiger partial charge in [0.1, 0.15) is 28.6 Å². The van der Waals surface area contributed by atoms with Gasteiger partial charge in [0.15, 0.2) is 11.6 Å². The predicted octanol–water partition coefficient (Wildman–Crippen LogP) is 6.59. The number of halogens is 4. The Bertz CT molecular complexity index is 1670. The van der Waals surface area contributed by atoms with Crippen molar-refractivity contribution in [3.05, 3.63) is 78.1 Å². The number of carbonyl (C=O) groups excluding carboxylic acids is 1. The van der Waals surface area contributed by atoms with E-state index in [0.29, 0.717) is 24.2 Å². The maximum Gasteiger partial charge on any atom is 0.417 e. The van der Waals surface area contributed by atoms with Gasteiger partial charge in [-0.25, -0.2) is 23.8 Å². The Hall–Kier alpha value is -4.81. The molecule has 1 aromatic heterocycles. The smallest absolute Gasteiger partial charge is 0.417 e. The number of ether oxygens (including phenoxy) is 2. The van der Waals surface area contributed by atoms with E-state index in [-0.39, 0.29) is 47.4 Å². The summed E-state index contributed by atoms with van der Waals surface area (Å²) < 4.78 is 73.6. The van der Waals surface area contributed by atoms with Crippen molar-refractivity contribution in [3.8, 4) is 39.8 Å². The number of fused-ring (bicyclic) bond motifs is 1. The molecule has 1 atom stereocenters. The summed E-state index contributed by atoms with van der Waals surface area (Å²) in [6, 6.07) is 9.44. The molecule has 0 spiro atoms. The Morgan fingerprint density at radius 2 is 1.74 bits per heavy atom. The van der Waals surface area contributed by atoms with Crippen LogP contribution in [0.2, 0.25) is 0 Å². The van der Waals surface area contributed by atoms with Crippen molar-refractivity contribution < 1.29 is 36.4 Å². The number of hydrogen-bond donors (Lipinski definition) is 0. The minimum absolute atomic E-state index is 0.0660. The fourth-order valence-electron chi connectivity index (χ4n) is 4.21. The van der Waals surface area contributed by atoms with Gasteiger partial charge in [-0.1, -0.05) is 31.1 Å². The van der Waals surface area contributed by atoms with Crippen LogP contribution in [0.25, 0.3) is 34.0 Å². The molecular formula is C29H25F4N5O4. The zero-order valence-corrected chi connectivity index (χ0v) is 22.6. The lowest BCUT2D eigenvalue weighted by molar-refractivity contribution is -0.147. The number of esters is 1. The highest BCUT2D eigenvalue weighted by Gasteiger charge is 2.36. The van der Waals surface area contributed by atoms with Crippen molar-refractivity contribution in [2.24, 2.45) is 0 Å². The molecule has 0 bridgehead atoms. The lowest BCUT2D eigenvalue weighted by Gasteiger charge is -2.16. The molecule has 0 saturated carbocycles. The molecule has 5 rings (SSSR count). The summed E-state index contributed by atoms with van der Waals surface area (Å²) >= 11 is 0. The molecule has 42 heavy (non-hydrogen) atoms. The maximum absolute atomic E-state index is 14.3. The third kappa shape index (κ3) is 5.94. The fourth-order valence-corrected chi connectivity index (χ4v) is 4.21. The lowest BCUT2D eigenvalue weighted by atomic mass is 10.0. The minimum Gasteiger partial charge on any atom is -0.494 e. The number of aromatic nitrogens is 5. The van der Waals surface area contributed by atoms with Crippen molar-refractivity contribution in [3.63, 3.8) is 0 Å². The van der Waals surface area contributed by atoms with Crippen molar-refractivity contribution in [1.82, 2.24) is 24.9 Å². The Labute approximate surface area is 237 Å². The van der Waals surface area contributed by atoms with Gasteiger partial charge in [-0.15, -0.1) is 0 Å². The Kier molecular flexibility index (Phi) is 8.18. The summed E-state index contributed by atoms with van der Waals surface area (Å²) in [5.74, 6) is -1.20. The predicted molar refractivity (Wildman–Crippen MR) is 142 cm³/mol. The van der Waals surface area contributed by atoms with Crippen LogP contribution in [0.1, 0.15) is 44.1 Å². The molecule has 3 heterocycles. The summed E-state index contributed by atoms with van der Waals surface area (Å²) in [5.41, 5.74) is -0.565. The number of hydrogen-bond acceptors (Lipinski definition) is 8. The van der Waals surface area contributed by atoms with Gasteiger partial charge in [0.05, 0.1) is 36.7 Å². The van der Waals surface area contributed by atoms with E-state index < -0.39 is 29.6 Å². The van der Waals surface area contributed by atoms with Crippen molar-refractivity contribution in [2.75, 3.05) is 13.2 Å². The molecule has 0 amide bonds. The van der Waals surface area contributed by atoms with Crippen molar-refractivity contribution >= 4 is 5.97 Å². The molecule has 0 N–H and O–H groups in total. The van der Waals surface area contributed by atoms with Crippen LogP contribution in [0, 0.1) is 5.82 Å². The molecule has 1 unspecified atom stereocenters. The third-order valence-electron chi connectivity index (χ3n) is 6.18. The lowest BCUT2D eigenvalue weighted by Crippen LogP contribution is -2.25. The van der Waals surface area contributed by atoms with E-state index in [1.807, 2.05) is 13.8 Å². The second-order valence-corrected chi connectivity index (χ2v) is 9.29. The van der Waals surface area contributed by atoms with E-state index in [1.165, 1.54) is 47.4 Å². The minimum atomic E-state index is -4.72. The van der Waals surface area contributed by atoms with Crippen LogP contribution in [-0.2, 0) is 15.7 Å². The van der Waals surface area contributed by atoms with E-state index >= 15 is 0 Å². The van der Waals surface area contributed by atoms with E-state index in [2.05, 4.69) is 20.2 Å². The third-order valence-corrected chi connectivity index (χ3v) is 6.18. The number of imidazole rings is 1. The largest absolute Gasteiger partial charge is 0.494 e. The molecule has 2 aromatic carbocycles. The van der Waals surface area contributed by atoms with E-state index in [0.717, 1.165) is 6.07 Å². The maximum atomic E-state index is 14.3. The first kappa shape index (κ1) is 28.7. The Morgan fingerprint density at radius 3 is 2.48 bits per heavy atom. The van der Waals surface area contributed by atoms with E-state index in [4.69, 9.17) is 14.0 Å². The summed E-state index contributed by atoms with van der Waals surface area (Å²) in [4.78, 5) is 21.9. The van der Waals surface area contributed by atoms with Crippen LogP contribution in [-0.4, -0.2) is 44.1 Å². The zero-order chi connectivity index (χ0) is 29.9. The molecule has 0 aliphatic carbocycles. The molecular weight excluding hydrogens is 558 g/mol. The average molecular weight is 584 g/mol. The van der Waals surface area contributed by atoms with Gasteiger partial charge in [0.2, 0.25) is 6.04 Å². The van der Waals surface area contributed by atoms with E-state index in [1.54, 1.807) is 12.1 Å². The van der Waals surface area contributed by atoms with Crippen LogP contribution < -0.4 is 4.74 Å². The zero-order valence-electron chi connectivity index (χ0n) is 22.6. The summed E-state index contributed by atoms with van der Waals surface area (Å²) in [7, 11) is 0. The average Bonchev–Trinajstić information content (AvgIpc) is 3.62. The first-order valence-electron chi connectivity index (χ1n) is 13.1. The number of benzene rings is 2. The topological polar surface area (TPSA) is 105 Å². The molecule has 0 saturated heterocycles. The summed E-state index contributed by atoms with van der Waals surface area (Å²) in [6.45, 7) is 4.00. The molecule has 218 valence electrons. The van der Waals surface area contributed by atoms with Crippen LogP contribution in [0.4, 0.5) is 17.6 Å². The van der Waals surface area contributed by atoms with Crippen LogP contribution in [0.15, 0.2) is 65.4 Å². The number of alkyl halides is 3. The highest BCUT2D eigenvalue weighted by molar-refractivity contribution is 5.78. The van der Waals surface area contributed by atoms with Gasteiger partial charge in [0, 0.05) is 11.6 Å². The van der Waals surface area contributed by atoms with Gasteiger partial charge in [-0.05, 0) is 43.2 Å². The second-order valence-electron chi connectivity index (χ2n) is 9.29. The Morgan fingerprint density at radius 1 is 0.976 bits per heavy atom. The van der Waals surface area contributed by atoms with Crippen LogP contribution in [0.5, 0.6) is 5.75 Å². The van der Waals surface area contributed by atoms with Crippen molar-refractivity contribution in [1.29, 1.82) is 0 Å². The first-order valence-corrected chi connectivity index (χ1v) is 13.1. The summed E-state index contributed by atoms with van der Waals surface area (Å²) in [5, 5.41) is 8.10. The standard InChI is InChI=1S/C29H25F4N5O4/c1-3-11-40-17-9-10-18(20(13-17)29(31,32)33)22-14-25(42-37-22)26(28(39)41-12-4-2)38-16-24-23(15-34-38)35-27(36-24)19-7-5-6-8-21(19)30/h5-10,13-16,26H,3-4,11-12H2,1-2H3. The molecule has 9 nitrogen and oxygen atoms in total. The van der Waals surface area contributed by atoms with Gasteiger partial charge in [-0.2, -0.15) is 18.3 Å². The molecule has 0 fully saturated rings. The molecule has 2 aliphatic rings.